The van der Waals surface area contributed by atoms with Crippen LogP contribution in [0.2, 0.25) is 0 Å². The summed E-state index contributed by atoms with van der Waals surface area (Å²) in [5.41, 5.74) is 1.36. The van der Waals surface area contributed by atoms with Gasteiger partial charge in [-0.15, -0.1) is 0 Å². The molecular weight excluding hydrogens is 344 g/mol. The van der Waals surface area contributed by atoms with Gasteiger partial charge in [0.1, 0.15) is 6.54 Å². The minimum absolute atomic E-state index is 0.119. The number of hydrogen-bond acceptors (Lipinski definition) is 6. The number of sulfonamides is 1. The number of anilines is 2. The van der Waals surface area contributed by atoms with Gasteiger partial charge in [0.15, 0.2) is 11.6 Å². The first-order valence-corrected chi connectivity index (χ1v) is 9.71. The van der Waals surface area contributed by atoms with E-state index in [4.69, 9.17) is 0 Å². The van der Waals surface area contributed by atoms with Gasteiger partial charge >= 0.3 is 0 Å². The van der Waals surface area contributed by atoms with Crippen LogP contribution < -0.4 is 20.9 Å². The van der Waals surface area contributed by atoms with E-state index in [1.165, 1.54) is 0 Å². The van der Waals surface area contributed by atoms with Gasteiger partial charge in [-0.05, 0) is 25.2 Å². The average Bonchev–Trinajstić information content (AvgIpc) is 2.87. The van der Waals surface area contributed by atoms with Gasteiger partial charge in [-0.25, -0.2) is 13.4 Å². The Morgan fingerprint density at radius 2 is 2.12 bits per heavy atom. The van der Waals surface area contributed by atoms with Crippen molar-refractivity contribution < 1.29 is 13.2 Å². The Hall–Kier alpha value is -2.46. The number of amides is 1. The number of hydrogen-bond donors (Lipinski definition) is 2. The number of fused-ring (bicyclic) bond motifs is 3. The summed E-state index contributed by atoms with van der Waals surface area (Å²) in [5.74, 6) is 1.26. The van der Waals surface area contributed by atoms with Crippen molar-refractivity contribution in [2.75, 3.05) is 36.6 Å². The van der Waals surface area contributed by atoms with Gasteiger partial charge in [0.2, 0.25) is 5.91 Å². The summed E-state index contributed by atoms with van der Waals surface area (Å²) in [6, 6.07) is 5.40. The highest BCUT2D eigenvalue weighted by atomic mass is 32.2. The summed E-state index contributed by atoms with van der Waals surface area (Å²) < 4.78 is 28.3. The molecule has 3 heterocycles. The number of nitrogens with zero attached hydrogens (tertiary/aromatic N) is 4. The van der Waals surface area contributed by atoms with Gasteiger partial charge in [-0.2, -0.15) is 4.40 Å². The fourth-order valence-corrected chi connectivity index (χ4v) is 3.63. The molecule has 10 heteroatoms. The highest BCUT2D eigenvalue weighted by Crippen LogP contribution is 2.35. The summed E-state index contributed by atoms with van der Waals surface area (Å²) >= 11 is 0. The molecule has 1 fully saturated rings. The number of rotatable bonds is 3. The van der Waals surface area contributed by atoms with Crippen molar-refractivity contribution in [1.82, 2.24) is 14.9 Å². The maximum Gasteiger partial charge on any atom is 0.250 e. The summed E-state index contributed by atoms with van der Waals surface area (Å²) in [6.07, 6.45) is 1.04. The molecule has 132 valence electrons. The Bertz CT molecular complexity index is 1010. The van der Waals surface area contributed by atoms with Crippen LogP contribution in [0.15, 0.2) is 22.6 Å². The predicted octanol–water partition coefficient (Wildman–Crippen LogP) is -0.792. The topological polar surface area (TPSA) is 109 Å². The van der Waals surface area contributed by atoms with E-state index in [1.54, 1.807) is 18.2 Å². The van der Waals surface area contributed by atoms with Crippen molar-refractivity contribution in [3.63, 3.8) is 0 Å². The molecule has 2 N–H and O–H groups in total. The first-order chi connectivity index (χ1) is 11.8. The second-order valence-corrected chi connectivity index (χ2v) is 7.95. The van der Waals surface area contributed by atoms with Gasteiger partial charge in [-0.3, -0.25) is 4.79 Å². The number of benzene rings is 1. The summed E-state index contributed by atoms with van der Waals surface area (Å²) in [6.45, 7) is 1.81. The molecule has 0 unspecified atom stereocenters. The maximum absolute atomic E-state index is 11.9. The number of likely N-dealkylation sites (N-methyl/N-ethyl adjacent to an activating group) is 1. The first-order valence-electron chi connectivity index (χ1n) is 7.87. The minimum atomic E-state index is -3.50. The van der Waals surface area contributed by atoms with Crippen LogP contribution in [0.25, 0.3) is 11.4 Å². The lowest BCUT2D eigenvalue weighted by atomic mass is 10.1. The van der Waals surface area contributed by atoms with Crippen molar-refractivity contribution in [3.8, 4) is 11.4 Å². The smallest absolute Gasteiger partial charge is 0.250 e. The van der Waals surface area contributed by atoms with Crippen LogP contribution in [0.5, 0.6) is 0 Å². The van der Waals surface area contributed by atoms with E-state index in [0.717, 1.165) is 25.2 Å². The van der Waals surface area contributed by atoms with Gasteiger partial charge in [0.25, 0.3) is 10.0 Å². The molecule has 0 aromatic heterocycles. The molecule has 0 bridgehead atoms. The van der Waals surface area contributed by atoms with Crippen molar-refractivity contribution >= 4 is 27.6 Å². The van der Waals surface area contributed by atoms with Crippen LogP contribution >= 0.6 is 0 Å². The highest BCUT2D eigenvalue weighted by Gasteiger charge is 2.33. The van der Waals surface area contributed by atoms with Crippen molar-refractivity contribution in [3.05, 3.63) is 23.6 Å². The molecule has 0 aromatic rings. The minimum Gasteiger partial charge on any atom is -0.350 e. The largest absolute Gasteiger partial charge is 0.350 e. The van der Waals surface area contributed by atoms with Crippen LogP contribution in [0.1, 0.15) is 0 Å². The molecule has 4 rings (SSSR count). The summed E-state index contributed by atoms with van der Waals surface area (Å²) in [4.78, 5) is 18.7. The number of carbonyl (C=O) groups is 1. The second kappa shape index (κ2) is 5.53. The molecule has 1 aliphatic carbocycles. The van der Waals surface area contributed by atoms with Gasteiger partial charge in [0.05, 0.1) is 23.0 Å². The van der Waals surface area contributed by atoms with Crippen LogP contribution in [-0.4, -0.2) is 56.3 Å². The number of nitrogens with one attached hydrogen (secondary N) is 2. The van der Waals surface area contributed by atoms with Crippen LogP contribution in [0, 0.1) is 0 Å². The lowest BCUT2D eigenvalue weighted by Crippen LogP contribution is -2.57. The lowest BCUT2D eigenvalue weighted by molar-refractivity contribution is -0.115. The Morgan fingerprint density at radius 1 is 1.36 bits per heavy atom. The Morgan fingerprint density at radius 3 is 2.80 bits per heavy atom. The number of carbonyl (C=O) groups excluding carboxylic acids is 1. The standard InChI is InChI=1S/C15H18N6O3S/c1-16-10-6-20(7-10)14-15-18-13(22)8-21(15)12-5-9(19-25(2,23)24)3-4-11(12)17-14/h3-5,10,16H,6-8H2,1-2H3,(H,18,22). The third-order valence-electron chi connectivity index (χ3n) is 4.38. The highest BCUT2D eigenvalue weighted by molar-refractivity contribution is 7.89. The van der Waals surface area contributed by atoms with Crippen LogP contribution in [0.3, 0.4) is 0 Å². The predicted molar refractivity (Wildman–Crippen MR) is 92.9 cm³/mol. The fraction of sp³-hybridized carbons (Fsp3) is 0.400. The molecule has 3 aliphatic heterocycles. The molecular formula is C15H18N6O3S. The molecule has 1 amide bonds. The molecule has 25 heavy (non-hydrogen) atoms. The van der Waals surface area contributed by atoms with Crippen molar-refractivity contribution in [2.24, 2.45) is 4.40 Å². The van der Waals surface area contributed by atoms with Crippen molar-refractivity contribution in [2.45, 2.75) is 12.6 Å². The van der Waals surface area contributed by atoms with E-state index >= 15 is 0 Å². The summed E-state index contributed by atoms with van der Waals surface area (Å²) in [7, 11) is -1.58. The monoisotopic (exact) mass is 362 g/mol. The van der Waals surface area contributed by atoms with E-state index in [9.17, 15) is 13.2 Å². The van der Waals surface area contributed by atoms with Gasteiger partial charge in [-0.1, -0.05) is 0 Å². The molecule has 0 spiro atoms. The van der Waals surface area contributed by atoms with E-state index in [2.05, 4.69) is 24.9 Å². The van der Waals surface area contributed by atoms with Gasteiger partial charge in [0, 0.05) is 19.1 Å². The second-order valence-electron chi connectivity index (χ2n) is 6.31. The van der Waals surface area contributed by atoms with Crippen molar-refractivity contribution in [1.29, 1.82) is 0 Å². The molecule has 1 saturated heterocycles. The van der Waals surface area contributed by atoms with E-state index in [-0.39, 0.29) is 12.5 Å². The molecule has 0 aromatic carbocycles. The lowest BCUT2D eigenvalue weighted by Gasteiger charge is -2.40. The molecule has 0 saturated carbocycles. The number of aromatic nitrogens is 2. The Labute approximate surface area is 144 Å². The molecule has 0 radical (unpaired) electrons. The third kappa shape index (κ3) is 2.87. The molecule has 4 aliphatic rings. The van der Waals surface area contributed by atoms with E-state index in [1.807, 2.05) is 11.6 Å². The quantitative estimate of drug-likeness (QED) is 0.741. The third-order valence-corrected chi connectivity index (χ3v) is 4.92. The van der Waals surface area contributed by atoms with Crippen LogP contribution in [0.4, 0.5) is 11.6 Å². The zero-order chi connectivity index (χ0) is 17.8. The summed E-state index contributed by atoms with van der Waals surface area (Å²) in [5, 5.41) is 6.39. The SMILES string of the molecule is CNC1CN(c2nc3ccc(=NS(C)(=O)=O)cc-3n3c2NC(=O)C3)C1. The molecule has 0 atom stereocenters. The first kappa shape index (κ1) is 16.0. The maximum atomic E-state index is 11.9. The zero-order valence-corrected chi connectivity index (χ0v) is 14.7. The van der Waals surface area contributed by atoms with E-state index in [0.29, 0.717) is 28.6 Å². The average molecular weight is 362 g/mol. The van der Waals surface area contributed by atoms with E-state index < -0.39 is 10.0 Å². The fourth-order valence-electron chi connectivity index (χ4n) is 3.14. The zero-order valence-electron chi connectivity index (χ0n) is 13.9. The molecule has 9 nitrogen and oxygen atoms in total. The van der Waals surface area contributed by atoms with Gasteiger partial charge < -0.3 is 20.1 Å². The Balaban J connectivity index is 1.87. The Kier molecular flexibility index (Phi) is 3.55. The van der Waals surface area contributed by atoms with Crippen LogP contribution in [-0.2, 0) is 21.4 Å². The normalized spacial score (nSPS) is 18.4.